The highest BCUT2D eigenvalue weighted by Gasteiger charge is 2.06. The standard InChI is InChI=1S/C18H20N2O/c1-3-18(20-2)16-8-10-17(11-9-16)21-13-15-6-4-14(12-19)5-7-15/h4-11,18,20H,3,13H2,1-2H3. The van der Waals surface area contributed by atoms with Gasteiger partial charge in [0.25, 0.3) is 0 Å². The molecule has 0 aromatic heterocycles. The lowest BCUT2D eigenvalue weighted by atomic mass is 10.0. The second-order valence-corrected chi connectivity index (χ2v) is 4.92. The fourth-order valence-electron chi connectivity index (χ4n) is 2.25. The van der Waals surface area contributed by atoms with E-state index in [2.05, 4.69) is 30.4 Å². The summed E-state index contributed by atoms with van der Waals surface area (Å²) >= 11 is 0. The van der Waals surface area contributed by atoms with Gasteiger partial charge in [0.15, 0.2) is 0 Å². The van der Waals surface area contributed by atoms with Crippen molar-refractivity contribution in [3.63, 3.8) is 0 Å². The first-order valence-corrected chi connectivity index (χ1v) is 7.16. The number of ether oxygens (including phenoxy) is 1. The van der Waals surface area contributed by atoms with Gasteiger partial charge in [0.1, 0.15) is 12.4 Å². The quantitative estimate of drug-likeness (QED) is 0.875. The number of hydrogen-bond acceptors (Lipinski definition) is 3. The van der Waals surface area contributed by atoms with E-state index < -0.39 is 0 Å². The second kappa shape index (κ2) is 7.47. The van der Waals surface area contributed by atoms with Crippen molar-refractivity contribution in [1.29, 1.82) is 5.26 Å². The van der Waals surface area contributed by atoms with E-state index in [1.807, 2.05) is 31.3 Å². The Bertz CT molecular complexity index is 593. The third-order valence-corrected chi connectivity index (χ3v) is 3.53. The maximum atomic E-state index is 8.76. The average Bonchev–Trinajstić information content (AvgIpc) is 2.55. The summed E-state index contributed by atoms with van der Waals surface area (Å²) in [5.41, 5.74) is 2.99. The summed E-state index contributed by atoms with van der Waals surface area (Å²) in [7, 11) is 1.98. The number of nitriles is 1. The highest BCUT2D eigenvalue weighted by atomic mass is 16.5. The van der Waals surface area contributed by atoms with Crippen molar-refractivity contribution in [2.45, 2.75) is 26.0 Å². The highest BCUT2D eigenvalue weighted by molar-refractivity contribution is 5.32. The van der Waals surface area contributed by atoms with Crippen LogP contribution < -0.4 is 10.1 Å². The molecule has 0 saturated carbocycles. The van der Waals surface area contributed by atoms with Crippen LogP contribution in [-0.4, -0.2) is 7.05 Å². The Balaban J connectivity index is 1.95. The molecule has 1 unspecified atom stereocenters. The molecule has 0 bridgehead atoms. The number of rotatable bonds is 6. The molecular weight excluding hydrogens is 260 g/mol. The van der Waals surface area contributed by atoms with Gasteiger partial charge in [-0.15, -0.1) is 0 Å². The molecule has 21 heavy (non-hydrogen) atoms. The van der Waals surface area contributed by atoms with Crippen LogP contribution in [0.25, 0.3) is 0 Å². The second-order valence-electron chi connectivity index (χ2n) is 4.92. The number of hydrogen-bond donors (Lipinski definition) is 1. The molecule has 0 aliphatic heterocycles. The van der Waals surface area contributed by atoms with E-state index in [1.54, 1.807) is 12.1 Å². The Morgan fingerprint density at radius 1 is 1.10 bits per heavy atom. The lowest BCUT2D eigenvalue weighted by molar-refractivity contribution is 0.306. The molecule has 2 aromatic carbocycles. The van der Waals surface area contributed by atoms with Gasteiger partial charge >= 0.3 is 0 Å². The van der Waals surface area contributed by atoms with Gasteiger partial charge in [-0.3, -0.25) is 0 Å². The van der Waals surface area contributed by atoms with Crippen LogP contribution in [0.1, 0.15) is 36.1 Å². The van der Waals surface area contributed by atoms with Crippen molar-refractivity contribution in [2.24, 2.45) is 0 Å². The van der Waals surface area contributed by atoms with E-state index in [9.17, 15) is 0 Å². The van der Waals surface area contributed by atoms with Gasteiger partial charge in [0, 0.05) is 6.04 Å². The normalized spacial score (nSPS) is 11.7. The molecule has 0 aliphatic carbocycles. The van der Waals surface area contributed by atoms with E-state index in [4.69, 9.17) is 10.00 Å². The smallest absolute Gasteiger partial charge is 0.119 e. The first-order valence-electron chi connectivity index (χ1n) is 7.16. The van der Waals surface area contributed by atoms with Crippen LogP contribution in [0.5, 0.6) is 5.75 Å². The summed E-state index contributed by atoms with van der Waals surface area (Å²) in [6, 6.07) is 18.1. The summed E-state index contributed by atoms with van der Waals surface area (Å²) in [5, 5.41) is 12.1. The topological polar surface area (TPSA) is 45.0 Å². The molecule has 0 spiro atoms. The predicted octanol–water partition coefficient (Wildman–Crippen LogP) is 3.81. The molecule has 3 heteroatoms. The lowest BCUT2D eigenvalue weighted by Gasteiger charge is -2.14. The first-order chi connectivity index (χ1) is 10.3. The molecule has 1 atom stereocenters. The summed E-state index contributed by atoms with van der Waals surface area (Å²) < 4.78 is 5.76. The Morgan fingerprint density at radius 3 is 2.29 bits per heavy atom. The monoisotopic (exact) mass is 280 g/mol. The van der Waals surface area contributed by atoms with Crippen molar-refractivity contribution < 1.29 is 4.74 Å². The number of nitrogens with zero attached hydrogens (tertiary/aromatic N) is 1. The molecular formula is C18H20N2O. The molecule has 0 saturated heterocycles. The largest absolute Gasteiger partial charge is 0.489 e. The van der Waals surface area contributed by atoms with Crippen LogP contribution in [0.4, 0.5) is 0 Å². The summed E-state index contributed by atoms with van der Waals surface area (Å²) in [6.07, 6.45) is 1.06. The first kappa shape index (κ1) is 15.1. The lowest BCUT2D eigenvalue weighted by Crippen LogP contribution is -2.14. The maximum absolute atomic E-state index is 8.76. The highest BCUT2D eigenvalue weighted by Crippen LogP contribution is 2.20. The number of nitrogens with one attached hydrogen (secondary N) is 1. The minimum atomic E-state index is 0.387. The Hall–Kier alpha value is -2.31. The van der Waals surface area contributed by atoms with E-state index in [0.29, 0.717) is 18.2 Å². The summed E-state index contributed by atoms with van der Waals surface area (Å²) in [5.74, 6) is 0.856. The molecule has 2 aromatic rings. The van der Waals surface area contributed by atoms with E-state index in [0.717, 1.165) is 17.7 Å². The van der Waals surface area contributed by atoms with Gasteiger partial charge in [0.05, 0.1) is 11.6 Å². The Morgan fingerprint density at radius 2 is 1.76 bits per heavy atom. The number of benzene rings is 2. The van der Waals surface area contributed by atoms with Crippen molar-refractivity contribution in [3.8, 4) is 11.8 Å². The van der Waals surface area contributed by atoms with Crippen molar-refractivity contribution in [2.75, 3.05) is 7.05 Å². The molecule has 108 valence electrons. The van der Waals surface area contributed by atoms with Gasteiger partial charge in [-0.1, -0.05) is 31.2 Å². The van der Waals surface area contributed by atoms with Gasteiger partial charge in [-0.05, 0) is 48.9 Å². The molecule has 0 fully saturated rings. The van der Waals surface area contributed by atoms with E-state index >= 15 is 0 Å². The average molecular weight is 280 g/mol. The Kier molecular flexibility index (Phi) is 5.36. The van der Waals surface area contributed by atoms with Gasteiger partial charge in [-0.25, -0.2) is 0 Å². The summed E-state index contributed by atoms with van der Waals surface area (Å²) in [4.78, 5) is 0. The molecule has 1 N–H and O–H groups in total. The maximum Gasteiger partial charge on any atom is 0.119 e. The predicted molar refractivity (Wildman–Crippen MR) is 84.0 cm³/mol. The van der Waals surface area contributed by atoms with Crippen molar-refractivity contribution in [3.05, 3.63) is 65.2 Å². The third-order valence-electron chi connectivity index (χ3n) is 3.53. The van der Waals surface area contributed by atoms with Crippen molar-refractivity contribution in [1.82, 2.24) is 5.32 Å². The molecule has 0 heterocycles. The molecule has 0 amide bonds. The van der Waals surface area contributed by atoms with Crippen LogP contribution in [-0.2, 0) is 6.61 Å². The van der Waals surface area contributed by atoms with E-state index in [-0.39, 0.29) is 0 Å². The van der Waals surface area contributed by atoms with E-state index in [1.165, 1.54) is 5.56 Å². The van der Waals surface area contributed by atoms with Crippen molar-refractivity contribution >= 4 is 0 Å². The van der Waals surface area contributed by atoms with Crippen LogP contribution in [0, 0.1) is 11.3 Å². The minimum Gasteiger partial charge on any atom is -0.489 e. The minimum absolute atomic E-state index is 0.387. The van der Waals surface area contributed by atoms with Crippen LogP contribution >= 0.6 is 0 Å². The zero-order valence-corrected chi connectivity index (χ0v) is 12.5. The van der Waals surface area contributed by atoms with Gasteiger partial charge in [0.2, 0.25) is 0 Å². The SMILES string of the molecule is CCC(NC)c1ccc(OCc2ccc(C#N)cc2)cc1. The molecule has 2 rings (SSSR count). The summed E-state index contributed by atoms with van der Waals surface area (Å²) in [6.45, 7) is 2.67. The third kappa shape index (κ3) is 4.08. The van der Waals surface area contributed by atoms with Crippen LogP contribution in [0.3, 0.4) is 0 Å². The zero-order chi connectivity index (χ0) is 15.1. The van der Waals surface area contributed by atoms with Gasteiger partial charge < -0.3 is 10.1 Å². The van der Waals surface area contributed by atoms with Crippen LogP contribution in [0.2, 0.25) is 0 Å². The zero-order valence-electron chi connectivity index (χ0n) is 12.5. The molecule has 0 radical (unpaired) electrons. The fourth-order valence-corrected chi connectivity index (χ4v) is 2.25. The molecule has 0 aliphatic rings. The fraction of sp³-hybridized carbons (Fsp3) is 0.278. The molecule has 3 nitrogen and oxygen atoms in total. The Labute approximate surface area is 126 Å². The van der Waals surface area contributed by atoms with Gasteiger partial charge in [-0.2, -0.15) is 5.26 Å². The van der Waals surface area contributed by atoms with Crippen LogP contribution in [0.15, 0.2) is 48.5 Å².